The van der Waals surface area contributed by atoms with Crippen LogP contribution in [0.15, 0.2) is 153 Å². The summed E-state index contributed by atoms with van der Waals surface area (Å²) in [5.74, 6) is -0.756. The first-order chi connectivity index (χ1) is 22.4. The smallest absolute Gasteiger partial charge is 0.285 e. The van der Waals surface area contributed by atoms with Crippen LogP contribution in [0.5, 0.6) is 0 Å². The van der Waals surface area contributed by atoms with Crippen LogP contribution in [0, 0.1) is 0 Å². The summed E-state index contributed by atoms with van der Waals surface area (Å²) in [6.45, 7) is 5.49. The minimum absolute atomic E-state index is 0.0813. The fraction of sp³-hybridized carbons (Fsp3) is 0.0811. The van der Waals surface area contributed by atoms with Crippen LogP contribution in [0.4, 0.5) is 0 Å². The number of allylic oxidation sites excluding steroid dienone is 4. The van der Waals surface area contributed by atoms with Gasteiger partial charge in [-0.05, 0) is 54.5 Å². The number of hydrogen-bond acceptors (Lipinski definition) is 5. The van der Waals surface area contributed by atoms with Crippen molar-refractivity contribution in [3.8, 4) is 11.3 Å². The van der Waals surface area contributed by atoms with E-state index in [1.165, 1.54) is 11.0 Å². The summed E-state index contributed by atoms with van der Waals surface area (Å²) in [5.41, 5.74) is 3.01. The second kappa shape index (κ2) is 15.3. The molecule has 1 N–H and O–H groups in total. The highest BCUT2D eigenvalue weighted by Gasteiger charge is 2.35. The van der Waals surface area contributed by atoms with Gasteiger partial charge in [-0.3, -0.25) is 19.3 Å². The monoisotopic (exact) mass is 691 g/mol. The third-order valence-corrected chi connectivity index (χ3v) is 8.42. The van der Waals surface area contributed by atoms with E-state index in [0.29, 0.717) is 17.2 Å². The molecule has 46 heavy (non-hydrogen) atoms. The van der Waals surface area contributed by atoms with Crippen LogP contribution in [-0.2, 0) is 14.4 Å². The fourth-order valence-corrected chi connectivity index (χ4v) is 5.81. The van der Waals surface area contributed by atoms with Gasteiger partial charge in [-0.25, -0.2) is 0 Å². The number of aliphatic imine (C=N–C) groups is 1. The number of nitrogens with zero attached hydrogens (tertiary/aromatic N) is 2. The first-order valence-electron chi connectivity index (χ1n) is 14.4. The molecule has 7 nitrogen and oxygen atoms in total. The maximum absolute atomic E-state index is 13.9. The summed E-state index contributed by atoms with van der Waals surface area (Å²) < 4.78 is 6.88. The topological polar surface area (TPSA) is 92.0 Å². The molecule has 3 aromatic carbocycles. The number of benzene rings is 3. The molecule has 230 valence electrons. The zero-order chi connectivity index (χ0) is 32.5. The number of thioether (sulfide) groups is 1. The van der Waals surface area contributed by atoms with E-state index in [0.717, 1.165) is 32.9 Å². The molecule has 1 aliphatic rings. The largest absolute Gasteiger partial charge is 0.457 e. The lowest BCUT2D eigenvalue weighted by Gasteiger charge is -2.28. The van der Waals surface area contributed by atoms with Gasteiger partial charge >= 0.3 is 0 Å². The normalized spacial score (nSPS) is 14.7. The van der Waals surface area contributed by atoms with Crippen LogP contribution >= 0.6 is 27.7 Å². The molecule has 5 rings (SSSR count). The highest BCUT2D eigenvalue weighted by molar-refractivity contribution is 9.10. The van der Waals surface area contributed by atoms with Gasteiger partial charge in [0.05, 0.1) is 11.8 Å². The Balaban J connectivity index is 1.40. The lowest BCUT2D eigenvalue weighted by molar-refractivity contribution is -0.126. The van der Waals surface area contributed by atoms with Gasteiger partial charge in [0.25, 0.3) is 11.8 Å². The minimum Gasteiger partial charge on any atom is -0.457 e. The van der Waals surface area contributed by atoms with E-state index in [4.69, 9.17) is 4.42 Å². The Morgan fingerprint density at radius 2 is 1.63 bits per heavy atom. The molecule has 0 radical (unpaired) electrons. The molecule has 0 saturated carbocycles. The van der Waals surface area contributed by atoms with Crippen molar-refractivity contribution in [3.05, 3.63) is 161 Å². The van der Waals surface area contributed by atoms with Gasteiger partial charge < -0.3 is 9.73 Å². The summed E-state index contributed by atoms with van der Waals surface area (Å²) in [6.07, 6.45) is 8.07. The fourth-order valence-electron chi connectivity index (χ4n) is 4.74. The van der Waals surface area contributed by atoms with Crippen molar-refractivity contribution in [3.63, 3.8) is 0 Å². The van der Waals surface area contributed by atoms with Crippen LogP contribution in [0.1, 0.15) is 29.9 Å². The molecule has 1 aromatic heterocycles. The number of carbonyl (C=O) groups excluding carboxylic acids is 3. The van der Waals surface area contributed by atoms with E-state index in [1.54, 1.807) is 43.4 Å². The summed E-state index contributed by atoms with van der Waals surface area (Å²) in [5, 5.41) is 3.19. The Morgan fingerprint density at radius 3 is 2.24 bits per heavy atom. The number of nitrogens with one attached hydrogen (secondary N) is 1. The van der Waals surface area contributed by atoms with Crippen LogP contribution in [0.3, 0.4) is 0 Å². The van der Waals surface area contributed by atoms with E-state index in [-0.39, 0.29) is 28.4 Å². The van der Waals surface area contributed by atoms with Crippen molar-refractivity contribution in [1.82, 2.24) is 10.2 Å². The Hall–Kier alpha value is -4.99. The summed E-state index contributed by atoms with van der Waals surface area (Å²) >= 11 is 4.43. The van der Waals surface area contributed by atoms with Gasteiger partial charge in [0.15, 0.2) is 5.17 Å². The van der Waals surface area contributed by atoms with Gasteiger partial charge in [0.2, 0.25) is 5.91 Å². The number of rotatable bonds is 10. The molecule has 1 aliphatic heterocycles. The van der Waals surface area contributed by atoms with Gasteiger partial charge in [-0.1, -0.05) is 125 Å². The molecule has 0 unspecified atom stereocenters. The minimum atomic E-state index is -0.722. The van der Waals surface area contributed by atoms with Crippen molar-refractivity contribution in [2.45, 2.75) is 13.0 Å². The summed E-state index contributed by atoms with van der Waals surface area (Å²) in [7, 11) is 0. The predicted molar refractivity (Wildman–Crippen MR) is 188 cm³/mol. The first kappa shape index (κ1) is 32.4. The zero-order valence-electron chi connectivity index (χ0n) is 24.9. The van der Waals surface area contributed by atoms with Crippen molar-refractivity contribution >= 4 is 56.7 Å². The van der Waals surface area contributed by atoms with E-state index in [1.807, 2.05) is 84.9 Å². The van der Waals surface area contributed by atoms with Crippen LogP contribution < -0.4 is 5.32 Å². The second-order valence-electron chi connectivity index (χ2n) is 10.0. The zero-order valence-corrected chi connectivity index (χ0v) is 27.3. The SMILES string of the molecule is C=C/C=C\C(=C/C)N1C(=O)/C(=C\c2ccc(-c3ccc(Br)cc3)o2)C(=O)N=C1SCC(=O)NC(c1ccccc1)c1ccccc1. The predicted octanol–water partition coefficient (Wildman–Crippen LogP) is 8.10. The van der Waals surface area contributed by atoms with Crippen LogP contribution in [0.2, 0.25) is 0 Å². The van der Waals surface area contributed by atoms with E-state index in [9.17, 15) is 14.4 Å². The molecule has 0 atom stereocenters. The number of furan rings is 1. The Kier molecular flexibility index (Phi) is 10.8. The van der Waals surface area contributed by atoms with Crippen LogP contribution in [-0.4, -0.2) is 33.5 Å². The lowest BCUT2D eigenvalue weighted by Crippen LogP contribution is -2.42. The third-order valence-electron chi connectivity index (χ3n) is 6.96. The number of amides is 3. The van der Waals surface area contributed by atoms with Crippen molar-refractivity contribution in [1.29, 1.82) is 0 Å². The average Bonchev–Trinajstić information content (AvgIpc) is 3.55. The number of carbonyl (C=O) groups is 3. The molecular weight excluding hydrogens is 662 g/mol. The molecule has 0 bridgehead atoms. The Labute approximate surface area is 280 Å². The lowest BCUT2D eigenvalue weighted by atomic mass is 9.99. The number of halogens is 1. The van der Waals surface area contributed by atoms with E-state index >= 15 is 0 Å². The summed E-state index contributed by atoms with van der Waals surface area (Å²) in [6, 6.07) is 30.0. The molecule has 9 heteroatoms. The molecule has 3 amide bonds. The van der Waals surface area contributed by atoms with Crippen molar-refractivity contribution < 1.29 is 18.8 Å². The third kappa shape index (κ3) is 7.80. The Bertz CT molecular complexity index is 1820. The van der Waals surface area contributed by atoms with Crippen molar-refractivity contribution in [2.75, 3.05) is 5.75 Å². The van der Waals surface area contributed by atoms with E-state index < -0.39 is 11.8 Å². The number of amidine groups is 1. The Morgan fingerprint density at radius 1 is 0.978 bits per heavy atom. The highest BCUT2D eigenvalue weighted by atomic mass is 79.9. The van der Waals surface area contributed by atoms with Gasteiger partial charge in [-0.2, -0.15) is 4.99 Å². The molecule has 0 aliphatic carbocycles. The molecule has 0 saturated heterocycles. The standard InChI is InChI=1S/C37H30BrN3O4S/c1-3-5-16-29(4-2)41-36(44)31(23-30-21-22-32(45-30)25-17-19-28(38)20-18-25)35(43)40-37(41)46-24-33(42)39-34(26-12-8-6-9-13-26)27-14-10-7-11-15-27/h3-23,34H,1,24H2,2H3,(H,39,42)/b16-5-,29-4+,31-23-. The first-order valence-corrected chi connectivity index (χ1v) is 16.2. The maximum atomic E-state index is 13.9. The summed E-state index contributed by atoms with van der Waals surface area (Å²) in [4.78, 5) is 46.1. The van der Waals surface area contributed by atoms with Gasteiger partial charge in [-0.15, -0.1) is 0 Å². The molecule has 2 heterocycles. The highest BCUT2D eigenvalue weighted by Crippen LogP contribution is 2.29. The van der Waals surface area contributed by atoms with Gasteiger partial charge in [0.1, 0.15) is 17.1 Å². The molecule has 4 aromatic rings. The maximum Gasteiger partial charge on any atom is 0.285 e. The average molecular weight is 693 g/mol. The van der Waals surface area contributed by atoms with E-state index in [2.05, 4.69) is 32.8 Å². The second-order valence-corrected chi connectivity index (χ2v) is 11.9. The number of hydrogen-bond donors (Lipinski definition) is 1. The van der Waals surface area contributed by atoms with Crippen LogP contribution in [0.25, 0.3) is 17.4 Å². The molecular formula is C37H30BrN3O4S. The molecule has 0 fully saturated rings. The van der Waals surface area contributed by atoms with Crippen molar-refractivity contribution in [2.24, 2.45) is 4.99 Å². The quantitative estimate of drug-likeness (QED) is 0.103. The van der Waals surface area contributed by atoms with Gasteiger partial charge in [0, 0.05) is 15.7 Å². The molecule has 0 spiro atoms.